The number of aromatic nitrogens is 3. The predicted molar refractivity (Wildman–Crippen MR) is 174 cm³/mol. The number of benzene rings is 2. The molecule has 4 saturated heterocycles. The number of likely N-dealkylation sites (tertiary alicyclic amines) is 1. The number of amides is 2. The van der Waals surface area contributed by atoms with Gasteiger partial charge in [-0.3, -0.25) is 14.5 Å². The summed E-state index contributed by atoms with van der Waals surface area (Å²) < 4.78 is 26.5. The van der Waals surface area contributed by atoms with E-state index in [1.54, 1.807) is 18.2 Å². The molecule has 250 valence electrons. The number of carbonyl (C=O) groups excluding carboxylic acids is 2. The number of hydrogen-bond donors (Lipinski definition) is 2. The number of hydrogen-bond acceptors (Lipinski definition) is 11. The van der Waals surface area contributed by atoms with Gasteiger partial charge in [-0.2, -0.15) is 10.2 Å². The predicted octanol–water partition coefficient (Wildman–Crippen LogP) is 2.66. The fourth-order valence-electron chi connectivity index (χ4n) is 6.61. The van der Waals surface area contributed by atoms with E-state index < -0.39 is 18.3 Å². The number of nitrogens with one attached hydrogen (secondary N) is 2. The van der Waals surface area contributed by atoms with Crippen molar-refractivity contribution in [3.63, 3.8) is 0 Å². The average molecular weight is 656 g/mol. The van der Waals surface area contributed by atoms with Gasteiger partial charge in [-0.25, -0.2) is 14.4 Å². The highest BCUT2D eigenvalue weighted by molar-refractivity contribution is 5.88. The highest BCUT2D eigenvalue weighted by Gasteiger charge is 2.37. The first-order valence-corrected chi connectivity index (χ1v) is 16.5. The van der Waals surface area contributed by atoms with Crippen LogP contribution in [0.15, 0.2) is 48.8 Å². The highest BCUT2D eigenvalue weighted by atomic mass is 19.1. The van der Waals surface area contributed by atoms with Crippen molar-refractivity contribution in [1.82, 2.24) is 30.1 Å². The summed E-state index contributed by atoms with van der Waals surface area (Å²) in [6.45, 7) is 5.87. The van der Waals surface area contributed by atoms with Crippen LogP contribution in [0, 0.1) is 11.3 Å². The maximum absolute atomic E-state index is 15.2. The molecule has 13 nitrogen and oxygen atoms in total. The molecule has 5 heterocycles. The van der Waals surface area contributed by atoms with Crippen LogP contribution in [0.5, 0.6) is 5.75 Å². The third kappa shape index (κ3) is 7.02. The maximum atomic E-state index is 15.2. The van der Waals surface area contributed by atoms with Crippen molar-refractivity contribution in [3.8, 4) is 23.2 Å². The topological polar surface area (TPSA) is 149 Å². The molecular formula is C34H38FN9O4. The number of piperazine rings is 1. The van der Waals surface area contributed by atoms with Gasteiger partial charge in [0.15, 0.2) is 12.0 Å². The molecule has 0 radical (unpaired) electrons. The number of halogens is 1. The molecule has 48 heavy (non-hydrogen) atoms. The minimum absolute atomic E-state index is 0.132. The van der Waals surface area contributed by atoms with Crippen molar-refractivity contribution in [2.75, 3.05) is 62.7 Å². The summed E-state index contributed by atoms with van der Waals surface area (Å²) in [7, 11) is 0. The van der Waals surface area contributed by atoms with E-state index in [2.05, 4.69) is 53.6 Å². The number of anilines is 3. The van der Waals surface area contributed by atoms with Crippen LogP contribution in [0.1, 0.15) is 31.2 Å². The normalized spacial score (nSPS) is 23.5. The van der Waals surface area contributed by atoms with Crippen LogP contribution >= 0.6 is 0 Å². The van der Waals surface area contributed by atoms with Crippen molar-refractivity contribution in [2.45, 2.75) is 50.0 Å². The molecule has 0 spiro atoms. The van der Waals surface area contributed by atoms with Crippen LogP contribution in [-0.2, 0) is 14.3 Å². The molecule has 0 unspecified atom stereocenters. The van der Waals surface area contributed by atoms with E-state index in [0.29, 0.717) is 49.2 Å². The van der Waals surface area contributed by atoms with Crippen molar-refractivity contribution >= 4 is 29.1 Å². The Labute approximate surface area is 278 Å². The molecule has 2 aromatic carbocycles. The van der Waals surface area contributed by atoms with Crippen LogP contribution in [0.3, 0.4) is 0 Å². The van der Waals surface area contributed by atoms with E-state index in [1.807, 2.05) is 12.1 Å². The second kappa shape index (κ2) is 14.1. The smallest absolute Gasteiger partial charge is 0.245 e. The number of carbonyl (C=O) groups is 2. The largest absolute Gasteiger partial charge is 0.486 e. The zero-order valence-corrected chi connectivity index (χ0v) is 26.6. The summed E-state index contributed by atoms with van der Waals surface area (Å²) in [6, 6.07) is 15.2. The molecule has 4 aliphatic rings. The van der Waals surface area contributed by atoms with Gasteiger partial charge in [-0.1, -0.05) is 0 Å². The summed E-state index contributed by atoms with van der Waals surface area (Å²) in [6.07, 6.45) is 0.995. The van der Waals surface area contributed by atoms with Gasteiger partial charge in [0.05, 0.1) is 31.4 Å². The fraction of sp³-hybridized carbons (Fsp3) is 0.471. The number of nitriles is 1. The minimum Gasteiger partial charge on any atom is -0.486 e. The first-order chi connectivity index (χ1) is 23.4. The minimum atomic E-state index is -1.45. The Hall–Kier alpha value is -4.87. The second-order valence-electron chi connectivity index (χ2n) is 12.6. The Kier molecular flexibility index (Phi) is 9.31. The zero-order chi connectivity index (χ0) is 33.0. The lowest BCUT2D eigenvalue weighted by Crippen LogP contribution is -2.56. The molecule has 14 heteroatoms. The van der Waals surface area contributed by atoms with Crippen LogP contribution < -0.4 is 20.3 Å². The molecule has 4 aliphatic heterocycles. The second-order valence-corrected chi connectivity index (χ2v) is 12.6. The molecule has 3 atom stereocenters. The summed E-state index contributed by atoms with van der Waals surface area (Å²) in [4.78, 5) is 44.0. The standard InChI is InChI=1S/C34H38FN9O4/c35-27-18-44(33(46)28-2-1-3-31(45)40-28)11-10-30(27)48-29-9-4-22(16-23(29)17-36)32-37-21-38-34(41-32)39-24-5-7-25(8-6-24)42-12-14-43(15-13-42)26-19-47-20-26/h4-9,16,21,26-28,30H,1-3,10-15,18-20H2,(H,40,45)(H,37,38,39,41)/t27-,28-,30-/m0/s1. The molecule has 4 fully saturated rings. The van der Waals surface area contributed by atoms with Gasteiger partial charge in [0.2, 0.25) is 17.8 Å². The Morgan fingerprint density at radius 3 is 2.58 bits per heavy atom. The van der Waals surface area contributed by atoms with E-state index in [-0.39, 0.29) is 36.1 Å². The van der Waals surface area contributed by atoms with E-state index in [9.17, 15) is 14.9 Å². The number of rotatable bonds is 8. The van der Waals surface area contributed by atoms with Gasteiger partial charge in [0, 0.05) is 62.5 Å². The van der Waals surface area contributed by atoms with Gasteiger partial charge in [0.1, 0.15) is 30.3 Å². The molecule has 1 aromatic heterocycles. The summed E-state index contributed by atoms with van der Waals surface area (Å²) in [5, 5.41) is 15.8. The third-order valence-corrected chi connectivity index (χ3v) is 9.47. The molecule has 0 bridgehead atoms. The Bertz CT molecular complexity index is 1670. The molecule has 2 amide bonds. The van der Waals surface area contributed by atoms with E-state index in [0.717, 1.165) is 45.1 Å². The van der Waals surface area contributed by atoms with E-state index in [1.165, 1.54) is 16.9 Å². The number of piperidine rings is 2. The Balaban J connectivity index is 0.952. The fourth-order valence-corrected chi connectivity index (χ4v) is 6.61. The van der Waals surface area contributed by atoms with Crippen molar-refractivity contribution < 1.29 is 23.5 Å². The lowest BCUT2D eigenvalue weighted by molar-refractivity contribution is -0.141. The third-order valence-electron chi connectivity index (χ3n) is 9.47. The lowest BCUT2D eigenvalue weighted by Gasteiger charge is -2.43. The average Bonchev–Trinajstić information content (AvgIpc) is 3.09. The Morgan fingerprint density at radius 2 is 1.88 bits per heavy atom. The van der Waals surface area contributed by atoms with Crippen LogP contribution in [-0.4, -0.2) is 113 Å². The van der Waals surface area contributed by atoms with Crippen LogP contribution in [0.4, 0.5) is 21.7 Å². The molecular weight excluding hydrogens is 617 g/mol. The summed E-state index contributed by atoms with van der Waals surface area (Å²) >= 11 is 0. The number of nitrogens with zero attached hydrogens (tertiary/aromatic N) is 7. The maximum Gasteiger partial charge on any atom is 0.245 e. The van der Waals surface area contributed by atoms with Gasteiger partial charge in [-0.15, -0.1) is 0 Å². The van der Waals surface area contributed by atoms with Crippen LogP contribution in [0.2, 0.25) is 0 Å². The molecule has 0 aliphatic carbocycles. The number of alkyl halides is 1. The Morgan fingerprint density at radius 1 is 1.06 bits per heavy atom. The van der Waals surface area contributed by atoms with Crippen molar-refractivity contribution in [1.29, 1.82) is 5.26 Å². The summed E-state index contributed by atoms with van der Waals surface area (Å²) in [5.41, 5.74) is 2.80. The first kappa shape index (κ1) is 31.7. The summed E-state index contributed by atoms with van der Waals surface area (Å²) in [5.74, 6) is 0.555. The van der Waals surface area contributed by atoms with Crippen molar-refractivity contribution in [3.05, 3.63) is 54.4 Å². The monoisotopic (exact) mass is 655 g/mol. The quantitative estimate of drug-likeness (QED) is 0.369. The van der Waals surface area contributed by atoms with Gasteiger partial charge in [-0.05, 0) is 55.3 Å². The zero-order valence-electron chi connectivity index (χ0n) is 26.6. The molecule has 3 aromatic rings. The van der Waals surface area contributed by atoms with E-state index >= 15 is 4.39 Å². The highest BCUT2D eigenvalue weighted by Crippen LogP contribution is 2.29. The lowest BCUT2D eigenvalue weighted by atomic mass is 10.00. The molecule has 2 N–H and O–H groups in total. The van der Waals surface area contributed by atoms with E-state index in [4.69, 9.17) is 9.47 Å². The van der Waals surface area contributed by atoms with Gasteiger partial charge >= 0.3 is 0 Å². The van der Waals surface area contributed by atoms with Gasteiger partial charge in [0.25, 0.3) is 0 Å². The number of ether oxygens (including phenoxy) is 2. The van der Waals surface area contributed by atoms with Gasteiger partial charge < -0.3 is 29.9 Å². The van der Waals surface area contributed by atoms with Crippen molar-refractivity contribution in [2.24, 2.45) is 0 Å². The molecule has 0 saturated carbocycles. The first-order valence-electron chi connectivity index (χ1n) is 16.5. The SMILES string of the molecule is N#Cc1cc(-c2ncnc(Nc3ccc(N4CCN(C5COC5)CC4)cc3)n2)ccc1O[C@H]1CCN(C(=O)[C@@H]2CCCC(=O)N2)C[C@@H]1F. The molecule has 7 rings (SSSR count). The van der Waals surface area contributed by atoms with Crippen LogP contribution in [0.25, 0.3) is 11.4 Å².